The second-order valence-corrected chi connectivity index (χ2v) is 20.2. The van der Waals surface area contributed by atoms with E-state index < -0.39 is 54.1 Å². The highest BCUT2D eigenvalue weighted by Gasteiger charge is 2.32. The van der Waals surface area contributed by atoms with Crippen molar-refractivity contribution in [3.8, 4) is 0 Å². The minimum Gasteiger partial charge on any atom is -0.397 e. The molecule has 4 heterocycles. The largest absolute Gasteiger partial charge is 0.416 e. The molecular formula is C37H45F6N9O6Si. The van der Waals surface area contributed by atoms with Gasteiger partial charge < -0.3 is 20.5 Å². The molecule has 22 heteroatoms. The summed E-state index contributed by atoms with van der Waals surface area (Å²) in [5.41, 5.74) is -2.79. The number of nitrogens with zero attached hydrogens (tertiary/aromatic N) is 7. The zero-order valence-corrected chi connectivity index (χ0v) is 34.5. The minimum atomic E-state index is -4.50. The van der Waals surface area contributed by atoms with Gasteiger partial charge in [0.05, 0.1) is 16.7 Å². The van der Waals surface area contributed by atoms with Crippen LogP contribution in [0.25, 0.3) is 11.2 Å². The van der Waals surface area contributed by atoms with Crippen LogP contribution in [0.1, 0.15) is 23.6 Å². The topological polar surface area (TPSA) is 172 Å². The summed E-state index contributed by atoms with van der Waals surface area (Å²) < 4.78 is 89.2. The van der Waals surface area contributed by atoms with Gasteiger partial charge >= 0.3 is 23.7 Å². The summed E-state index contributed by atoms with van der Waals surface area (Å²) in [6.07, 6.45) is -8.83. The smallest absolute Gasteiger partial charge is 0.397 e. The zero-order valence-electron chi connectivity index (χ0n) is 33.5. The van der Waals surface area contributed by atoms with Crippen molar-refractivity contribution in [3.05, 3.63) is 107 Å². The van der Waals surface area contributed by atoms with Crippen molar-refractivity contribution in [2.24, 2.45) is 33.2 Å². The number of alkyl halides is 6. The van der Waals surface area contributed by atoms with E-state index in [2.05, 4.69) is 40.3 Å². The fourth-order valence-electron chi connectivity index (χ4n) is 5.65. The van der Waals surface area contributed by atoms with Gasteiger partial charge in [-0.2, -0.15) is 31.3 Å². The predicted octanol–water partition coefficient (Wildman–Crippen LogP) is 5.31. The molecule has 15 nitrogen and oxygen atoms in total. The number of aliphatic imine (C=N–C) groups is 1. The monoisotopic (exact) mass is 853 g/mol. The van der Waals surface area contributed by atoms with Crippen molar-refractivity contribution < 1.29 is 36.2 Å². The molecule has 3 N–H and O–H groups in total. The van der Waals surface area contributed by atoms with Crippen LogP contribution in [0.2, 0.25) is 25.7 Å². The second kappa shape index (κ2) is 18.0. The lowest BCUT2D eigenvalue weighted by Crippen LogP contribution is -2.38. The molecule has 0 atom stereocenters. The Kier molecular flexibility index (Phi) is 14.0. The van der Waals surface area contributed by atoms with Crippen LogP contribution in [0, 0.1) is 0 Å². The van der Waals surface area contributed by atoms with Crippen LogP contribution < -0.4 is 33.1 Å². The van der Waals surface area contributed by atoms with Crippen LogP contribution >= 0.6 is 0 Å². The van der Waals surface area contributed by atoms with Crippen molar-refractivity contribution >= 4 is 48.2 Å². The average molecular weight is 854 g/mol. The highest BCUT2D eigenvalue weighted by Crippen LogP contribution is 2.33. The van der Waals surface area contributed by atoms with Crippen molar-refractivity contribution in [2.45, 2.75) is 58.1 Å². The first-order valence-electron chi connectivity index (χ1n) is 18.0. The van der Waals surface area contributed by atoms with Crippen molar-refractivity contribution in [3.63, 3.8) is 0 Å². The number of aryl methyl sites for hydroxylation is 1. The van der Waals surface area contributed by atoms with E-state index in [9.17, 15) is 45.5 Å². The highest BCUT2D eigenvalue weighted by atomic mass is 28.3. The Morgan fingerprint density at radius 1 is 0.780 bits per heavy atom. The minimum absolute atomic E-state index is 0.0459. The molecule has 2 aromatic carbocycles. The molecule has 320 valence electrons. The van der Waals surface area contributed by atoms with Crippen LogP contribution in [0.3, 0.4) is 0 Å². The summed E-state index contributed by atoms with van der Waals surface area (Å²) in [4.78, 5) is 57.7. The molecule has 59 heavy (non-hydrogen) atoms. The van der Waals surface area contributed by atoms with Gasteiger partial charge in [0.25, 0.3) is 11.1 Å². The number of fused-ring (bicyclic) bond motifs is 2. The summed E-state index contributed by atoms with van der Waals surface area (Å²) in [7, 11) is 4.32. The van der Waals surface area contributed by atoms with Crippen molar-refractivity contribution in [1.29, 1.82) is 0 Å². The van der Waals surface area contributed by atoms with E-state index in [1.807, 2.05) is 0 Å². The maximum absolute atomic E-state index is 13.1. The van der Waals surface area contributed by atoms with Crippen LogP contribution in [0.5, 0.6) is 0 Å². The molecule has 0 saturated carbocycles. The first-order chi connectivity index (χ1) is 27.4. The standard InChI is InChI=1S/C20H26F3N5O3Si.C15H13F3N4O2.C2H6O/c1-26-16-15(17(29)27(2)19(26)30)28(12-31-9-10-32(3,4)5)18(25-16)24-14-8-6-7-13(11-14)20(21,22)23;1-21-12-10(13(23)22(2)14(21)24)7-11(20-12)19-9-5-3-4-8(6-9)15(16,17)18;1-2-3/h6-8,11H,9-10,12H2,1-5H3,(H,24,25);3-6H,7H2,1-2H3,(H,19,20);3H,2H2,1H3. The first kappa shape index (κ1) is 46.0. The maximum Gasteiger partial charge on any atom is 0.416 e. The van der Waals surface area contributed by atoms with Gasteiger partial charge in [-0.15, -0.1) is 0 Å². The van der Waals surface area contributed by atoms with Gasteiger partial charge in [0, 0.05) is 67.3 Å². The fourth-order valence-corrected chi connectivity index (χ4v) is 6.41. The predicted molar refractivity (Wildman–Crippen MR) is 215 cm³/mol. The van der Waals surface area contributed by atoms with Crippen LogP contribution in [0.15, 0.2) is 72.7 Å². The van der Waals surface area contributed by atoms with E-state index in [-0.39, 0.29) is 54.1 Å². The third-order valence-corrected chi connectivity index (χ3v) is 10.5. The normalized spacial score (nSPS) is 12.6. The lowest BCUT2D eigenvalue weighted by molar-refractivity contribution is -0.138. The summed E-state index contributed by atoms with van der Waals surface area (Å²) in [6.45, 7) is 8.96. The first-order valence-corrected chi connectivity index (χ1v) is 21.7. The van der Waals surface area contributed by atoms with Gasteiger partial charge in [-0.25, -0.2) is 14.6 Å². The highest BCUT2D eigenvalue weighted by molar-refractivity contribution is 6.76. The number of aromatic nitrogens is 6. The summed E-state index contributed by atoms with van der Waals surface area (Å²) in [5.74, 6) is 0.630. The molecule has 0 saturated heterocycles. The number of nitrogens with one attached hydrogen (secondary N) is 2. The number of imidazole rings is 1. The van der Waals surface area contributed by atoms with Crippen molar-refractivity contribution in [2.75, 3.05) is 23.8 Å². The number of aliphatic hydroxyl groups excluding tert-OH is 1. The maximum atomic E-state index is 13.1. The Morgan fingerprint density at radius 2 is 1.29 bits per heavy atom. The number of amidine groups is 1. The molecule has 0 bridgehead atoms. The number of ether oxygens (including phenoxy) is 1. The third kappa shape index (κ3) is 10.9. The number of aliphatic hydroxyl groups is 1. The number of halogens is 6. The van der Waals surface area contributed by atoms with Crippen LogP contribution in [0.4, 0.5) is 49.5 Å². The Bertz CT molecular complexity index is 2600. The SMILES string of the molecule is CCO.Cn1c(=O)c2c(nc(Nc3cccc(C(F)(F)F)c3)n2COCC[Si](C)(C)C)n(C)c1=O.Cn1c2c(c(=O)n(C)c1=O)CC(Nc1cccc(C(F)(F)F)c1)=N2. The molecule has 0 aliphatic carbocycles. The van der Waals surface area contributed by atoms with E-state index in [1.54, 1.807) is 6.92 Å². The van der Waals surface area contributed by atoms with Gasteiger partial charge in [-0.1, -0.05) is 31.8 Å². The van der Waals surface area contributed by atoms with Gasteiger partial charge in [-0.3, -0.25) is 32.4 Å². The van der Waals surface area contributed by atoms with Gasteiger partial charge in [0.2, 0.25) is 5.95 Å². The summed E-state index contributed by atoms with van der Waals surface area (Å²) in [6, 6.07) is 10.2. The Morgan fingerprint density at radius 3 is 1.81 bits per heavy atom. The van der Waals surface area contributed by atoms with Gasteiger partial charge in [-0.05, 0) is 49.4 Å². The van der Waals surface area contributed by atoms with E-state index in [4.69, 9.17) is 9.84 Å². The molecule has 0 fully saturated rings. The molecule has 1 aliphatic rings. The quantitative estimate of drug-likeness (QED) is 0.106. The molecule has 1 aliphatic heterocycles. The number of rotatable bonds is 8. The molecule has 5 aromatic rings. The molecule has 6 rings (SSSR count). The molecule has 3 aromatic heterocycles. The molecule has 0 amide bonds. The van der Waals surface area contributed by atoms with E-state index in [1.165, 1.54) is 66.2 Å². The molecule has 0 unspecified atom stereocenters. The second-order valence-electron chi connectivity index (χ2n) is 14.6. The lowest BCUT2D eigenvalue weighted by atomic mass is 10.2. The van der Waals surface area contributed by atoms with Crippen LogP contribution in [-0.2, 0) is 58.4 Å². The van der Waals surface area contributed by atoms with Crippen LogP contribution in [-0.4, -0.2) is 60.0 Å². The van der Waals surface area contributed by atoms with Crippen molar-refractivity contribution in [1.82, 2.24) is 27.8 Å². The molecular weight excluding hydrogens is 809 g/mol. The Balaban J connectivity index is 0.000000253. The number of hydrogen-bond acceptors (Lipinski definition) is 10. The third-order valence-electron chi connectivity index (χ3n) is 8.80. The fraction of sp³-hybridized carbons (Fsp3) is 0.405. The summed E-state index contributed by atoms with van der Waals surface area (Å²) in [5, 5.41) is 13.2. The number of benzene rings is 2. The lowest BCUT2D eigenvalue weighted by Gasteiger charge is -2.16. The van der Waals surface area contributed by atoms with Gasteiger partial charge in [0.15, 0.2) is 11.2 Å². The van der Waals surface area contributed by atoms with E-state index in [0.29, 0.717) is 18.0 Å². The molecule has 0 spiro atoms. The average Bonchev–Trinajstić information content (AvgIpc) is 3.74. The number of anilines is 3. The van der Waals surface area contributed by atoms with E-state index >= 15 is 0 Å². The summed E-state index contributed by atoms with van der Waals surface area (Å²) >= 11 is 0. The Hall–Kier alpha value is -5.74. The Labute approximate surface area is 333 Å². The van der Waals surface area contributed by atoms with E-state index in [0.717, 1.165) is 39.4 Å². The zero-order chi connectivity index (χ0) is 44.2. The molecule has 0 radical (unpaired) electrons. The van der Waals surface area contributed by atoms with Gasteiger partial charge in [0.1, 0.15) is 18.4 Å². The number of hydrogen-bond donors (Lipinski definition) is 3.